The van der Waals surface area contributed by atoms with E-state index in [1.165, 1.54) is 22.3 Å². The highest BCUT2D eigenvalue weighted by molar-refractivity contribution is 5.76. The largest absolute Gasteiger partial charge is 0.493 e. The molecular formula is C42H52N2O5. The molecule has 0 fully saturated rings. The molecule has 260 valence electrons. The molecule has 1 N–H and O–H groups in total. The average molecular weight is 665 g/mol. The summed E-state index contributed by atoms with van der Waals surface area (Å²) in [5.41, 5.74) is 6.20. The topological polar surface area (TPSA) is 69.3 Å². The zero-order valence-electron chi connectivity index (χ0n) is 29.8. The van der Waals surface area contributed by atoms with E-state index in [2.05, 4.69) is 89.9 Å². The Labute approximate surface area is 292 Å². The lowest BCUT2D eigenvalue weighted by molar-refractivity contribution is -0.121. The van der Waals surface area contributed by atoms with Gasteiger partial charge in [0.25, 0.3) is 0 Å². The van der Waals surface area contributed by atoms with Crippen molar-refractivity contribution in [3.63, 3.8) is 0 Å². The molecule has 7 nitrogen and oxygen atoms in total. The standard InChI is InChI=1S/C42H52N2O5/c1-31-36-30-40(49-5)39(48-4)29-33(36)22-27-44(31)26-13-24-42(34-14-8-6-9-15-34,35-16-10-7-11-17-35)23-12-25-43-41(45)21-19-32-18-20-37(46-2)38(28-32)47-3/h6-11,14-18,20,28-31H,12-13,19,21-27H2,1-5H3,(H,43,45). The van der Waals surface area contributed by atoms with Crippen molar-refractivity contribution in [2.45, 2.75) is 63.3 Å². The van der Waals surface area contributed by atoms with E-state index in [0.717, 1.165) is 62.3 Å². The Balaban J connectivity index is 1.25. The minimum absolute atomic E-state index is 0.0634. The molecule has 7 heteroatoms. The van der Waals surface area contributed by atoms with E-state index >= 15 is 0 Å². The molecule has 49 heavy (non-hydrogen) atoms. The number of rotatable bonds is 17. The molecule has 0 radical (unpaired) electrons. The second kappa shape index (κ2) is 17.3. The number of amides is 1. The quantitative estimate of drug-likeness (QED) is 0.116. The molecular weight excluding hydrogens is 612 g/mol. The van der Waals surface area contributed by atoms with Gasteiger partial charge in [0.1, 0.15) is 0 Å². The van der Waals surface area contributed by atoms with Crippen LogP contribution in [0.25, 0.3) is 0 Å². The van der Waals surface area contributed by atoms with E-state index in [-0.39, 0.29) is 11.3 Å². The van der Waals surface area contributed by atoms with Gasteiger partial charge in [-0.1, -0.05) is 66.7 Å². The van der Waals surface area contributed by atoms with Crippen LogP contribution in [0.15, 0.2) is 91.0 Å². The van der Waals surface area contributed by atoms with Crippen LogP contribution in [-0.2, 0) is 23.1 Å². The van der Waals surface area contributed by atoms with Crippen LogP contribution >= 0.6 is 0 Å². The number of aryl methyl sites for hydroxylation is 1. The van der Waals surface area contributed by atoms with E-state index in [9.17, 15) is 4.79 Å². The summed E-state index contributed by atoms with van der Waals surface area (Å²) in [7, 11) is 6.65. The summed E-state index contributed by atoms with van der Waals surface area (Å²) < 4.78 is 22.0. The Kier molecular flexibility index (Phi) is 12.6. The highest BCUT2D eigenvalue weighted by atomic mass is 16.5. The number of ether oxygens (including phenoxy) is 4. The molecule has 0 bridgehead atoms. The predicted molar refractivity (Wildman–Crippen MR) is 196 cm³/mol. The fourth-order valence-corrected chi connectivity index (χ4v) is 7.47. The van der Waals surface area contributed by atoms with E-state index in [0.29, 0.717) is 36.9 Å². The number of fused-ring (bicyclic) bond motifs is 1. The minimum atomic E-state index is -0.166. The van der Waals surface area contributed by atoms with Crippen LogP contribution < -0.4 is 24.3 Å². The van der Waals surface area contributed by atoms with Crippen LogP contribution in [0, 0.1) is 0 Å². The maximum Gasteiger partial charge on any atom is 0.220 e. The number of benzene rings is 4. The van der Waals surface area contributed by atoms with Gasteiger partial charge in [-0.2, -0.15) is 0 Å². The summed E-state index contributed by atoms with van der Waals surface area (Å²) in [6, 6.07) is 32.3. The Bertz CT molecular complexity index is 1600. The smallest absolute Gasteiger partial charge is 0.220 e. The fourth-order valence-electron chi connectivity index (χ4n) is 7.47. The fraction of sp³-hybridized carbons (Fsp3) is 0.405. The number of nitrogens with zero attached hydrogens (tertiary/aromatic N) is 1. The van der Waals surface area contributed by atoms with Crippen LogP contribution in [-0.4, -0.2) is 58.9 Å². The first-order valence-electron chi connectivity index (χ1n) is 17.5. The summed E-state index contributed by atoms with van der Waals surface area (Å²) in [5, 5.41) is 3.20. The van der Waals surface area contributed by atoms with Gasteiger partial charge in [-0.25, -0.2) is 0 Å². The van der Waals surface area contributed by atoms with Crippen molar-refractivity contribution in [3.05, 3.63) is 119 Å². The van der Waals surface area contributed by atoms with E-state index in [1.54, 1.807) is 28.4 Å². The summed E-state index contributed by atoms with van der Waals surface area (Å²) in [5.74, 6) is 3.02. The highest BCUT2D eigenvalue weighted by Gasteiger charge is 2.34. The second-order valence-corrected chi connectivity index (χ2v) is 12.9. The van der Waals surface area contributed by atoms with Gasteiger partial charge in [0.05, 0.1) is 28.4 Å². The van der Waals surface area contributed by atoms with Gasteiger partial charge in [0, 0.05) is 31.0 Å². The van der Waals surface area contributed by atoms with Crippen molar-refractivity contribution >= 4 is 5.91 Å². The molecule has 1 aliphatic heterocycles. The van der Waals surface area contributed by atoms with Gasteiger partial charge in [-0.05, 0) is 104 Å². The Morgan fingerprint density at radius 1 is 0.755 bits per heavy atom. The maximum absolute atomic E-state index is 12.9. The predicted octanol–water partition coefficient (Wildman–Crippen LogP) is 7.94. The van der Waals surface area contributed by atoms with Crippen molar-refractivity contribution in [2.24, 2.45) is 0 Å². The van der Waals surface area contributed by atoms with Crippen LogP contribution in [0.3, 0.4) is 0 Å². The molecule has 1 heterocycles. The van der Waals surface area contributed by atoms with Crippen molar-refractivity contribution in [1.82, 2.24) is 10.2 Å². The van der Waals surface area contributed by atoms with Gasteiger partial charge >= 0.3 is 0 Å². The molecule has 0 saturated carbocycles. The second-order valence-electron chi connectivity index (χ2n) is 12.9. The molecule has 0 spiro atoms. The molecule has 1 unspecified atom stereocenters. The van der Waals surface area contributed by atoms with Gasteiger partial charge in [0.2, 0.25) is 5.91 Å². The zero-order chi connectivity index (χ0) is 34.6. The van der Waals surface area contributed by atoms with Crippen LogP contribution in [0.2, 0.25) is 0 Å². The number of carbonyl (C=O) groups is 1. The van der Waals surface area contributed by atoms with Crippen molar-refractivity contribution in [3.8, 4) is 23.0 Å². The van der Waals surface area contributed by atoms with E-state index in [1.807, 2.05) is 18.2 Å². The minimum Gasteiger partial charge on any atom is -0.493 e. The molecule has 1 aliphatic rings. The van der Waals surface area contributed by atoms with Gasteiger partial charge in [-0.3, -0.25) is 9.69 Å². The lowest BCUT2D eigenvalue weighted by Crippen LogP contribution is -2.36. The number of methoxy groups -OCH3 is 4. The number of hydrogen-bond acceptors (Lipinski definition) is 6. The Morgan fingerprint density at radius 2 is 1.35 bits per heavy atom. The zero-order valence-corrected chi connectivity index (χ0v) is 29.8. The molecule has 0 aliphatic carbocycles. The molecule has 0 saturated heterocycles. The molecule has 5 rings (SSSR count). The SMILES string of the molecule is COc1ccc(CCC(=O)NCCCC(CCCN2CCc3cc(OC)c(OC)cc3C2C)(c2ccccc2)c2ccccc2)cc1OC. The molecule has 1 amide bonds. The number of nitrogens with one attached hydrogen (secondary N) is 1. The lowest BCUT2D eigenvalue weighted by atomic mass is 9.68. The Morgan fingerprint density at radius 3 is 1.98 bits per heavy atom. The van der Waals surface area contributed by atoms with Gasteiger partial charge < -0.3 is 24.3 Å². The van der Waals surface area contributed by atoms with Crippen molar-refractivity contribution < 1.29 is 23.7 Å². The third-order valence-corrected chi connectivity index (χ3v) is 10.2. The summed E-state index contributed by atoms with van der Waals surface area (Å²) in [4.78, 5) is 15.5. The van der Waals surface area contributed by atoms with Crippen LogP contribution in [0.4, 0.5) is 0 Å². The third kappa shape index (κ3) is 8.57. The normalized spacial score (nSPS) is 14.5. The van der Waals surface area contributed by atoms with E-state index in [4.69, 9.17) is 18.9 Å². The van der Waals surface area contributed by atoms with Crippen LogP contribution in [0.1, 0.15) is 72.9 Å². The van der Waals surface area contributed by atoms with Crippen molar-refractivity contribution in [2.75, 3.05) is 48.1 Å². The first-order chi connectivity index (χ1) is 23.9. The molecule has 4 aromatic carbocycles. The molecule has 1 atom stereocenters. The van der Waals surface area contributed by atoms with Gasteiger partial charge in [-0.15, -0.1) is 0 Å². The molecule has 0 aromatic heterocycles. The maximum atomic E-state index is 12.9. The summed E-state index contributed by atoms with van der Waals surface area (Å²) in [6.45, 7) is 4.96. The first-order valence-corrected chi connectivity index (χ1v) is 17.5. The van der Waals surface area contributed by atoms with Gasteiger partial charge in [0.15, 0.2) is 23.0 Å². The average Bonchev–Trinajstić information content (AvgIpc) is 3.15. The third-order valence-electron chi connectivity index (χ3n) is 10.2. The van der Waals surface area contributed by atoms with E-state index < -0.39 is 0 Å². The first kappa shape index (κ1) is 35.8. The van der Waals surface area contributed by atoms with Crippen LogP contribution in [0.5, 0.6) is 23.0 Å². The van der Waals surface area contributed by atoms with Crippen molar-refractivity contribution in [1.29, 1.82) is 0 Å². The lowest BCUT2D eigenvalue weighted by Gasteiger charge is -2.39. The summed E-state index contributed by atoms with van der Waals surface area (Å²) in [6.07, 6.45) is 5.93. The Hall–Kier alpha value is -4.49. The molecule has 4 aromatic rings. The number of carbonyl (C=O) groups excluding carboxylic acids is 1. The highest BCUT2D eigenvalue weighted by Crippen LogP contribution is 2.42. The summed E-state index contributed by atoms with van der Waals surface area (Å²) >= 11 is 0. The monoisotopic (exact) mass is 664 g/mol. The number of hydrogen-bond donors (Lipinski definition) is 1.